The molecule has 4 N–H and O–H groups in total. The minimum Gasteiger partial charge on any atom is -0.496 e. The van der Waals surface area contributed by atoms with Gasteiger partial charge >= 0.3 is 0 Å². The highest BCUT2D eigenvalue weighted by atomic mass is 127. The second-order valence-corrected chi connectivity index (χ2v) is 6.35. The molecule has 0 saturated heterocycles. The predicted octanol–water partition coefficient (Wildman–Crippen LogP) is 0.699. The van der Waals surface area contributed by atoms with Gasteiger partial charge in [0.05, 0.1) is 19.4 Å². The number of sulfonamides is 1. The first-order valence-corrected chi connectivity index (χ1v) is 8.82. The van der Waals surface area contributed by atoms with Crippen LogP contribution in [0.15, 0.2) is 29.3 Å². The number of benzene rings is 1. The summed E-state index contributed by atoms with van der Waals surface area (Å²) >= 11 is 0. The van der Waals surface area contributed by atoms with Crippen molar-refractivity contribution in [3.8, 4) is 5.75 Å². The smallest absolute Gasteiger partial charge is 0.210 e. The van der Waals surface area contributed by atoms with E-state index < -0.39 is 10.0 Å². The molecule has 0 unspecified atom stereocenters. The summed E-state index contributed by atoms with van der Waals surface area (Å²) < 4.78 is 27.1. The Bertz CT molecular complexity index is 593. The number of rotatable bonds is 8. The Morgan fingerprint density at radius 1 is 1.30 bits per heavy atom. The van der Waals surface area contributed by atoms with E-state index in [2.05, 4.69) is 15.6 Å². The molecule has 132 valence electrons. The van der Waals surface area contributed by atoms with Crippen LogP contribution in [0.3, 0.4) is 0 Å². The maximum atomic E-state index is 10.9. The highest BCUT2D eigenvalue weighted by Gasteiger charge is 2.04. The minimum absolute atomic E-state index is 0. The van der Waals surface area contributed by atoms with Crippen LogP contribution in [0.25, 0.3) is 0 Å². The molecular formula is C14H25IN4O3S. The number of aliphatic imine (C=N–C) groups is 1. The van der Waals surface area contributed by atoms with Crippen LogP contribution in [-0.2, 0) is 16.4 Å². The molecule has 0 heterocycles. The topological polar surface area (TPSA) is 106 Å². The first-order chi connectivity index (χ1) is 10.5. The van der Waals surface area contributed by atoms with Crippen LogP contribution in [0.1, 0.15) is 12.5 Å². The van der Waals surface area contributed by atoms with Crippen molar-refractivity contribution < 1.29 is 13.2 Å². The van der Waals surface area contributed by atoms with Gasteiger partial charge in [0.15, 0.2) is 5.96 Å². The van der Waals surface area contributed by atoms with E-state index in [-0.39, 0.29) is 36.3 Å². The van der Waals surface area contributed by atoms with Crippen LogP contribution >= 0.6 is 24.0 Å². The van der Waals surface area contributed by atoms with E-state index in [4.69, 9.17) is 9.88 Å². The number of hydrogen-bond acceptors (Lipinski definition) is 4. The lowest BCUT2D eigenvalue weighted by molar-refractivity contribution is 0.409. The number of para-hydroxylation sites is 1. The average molecular weight is 456 g/mol. The maximum absolute atomic E-state index is 10.9. The summed E-state index contributed by atoms with van der Waals surface area (Å²) in [5.74, 6) is 1.25. The number of ether oxygens (including phenoxy) is 1. The highest BCUT2D eigenvalue weighted by molar-refractivity contribution is 14.0. The minimum atomic E-state index is -3.49. The quantitative estimate of drug-likeness (QED) is 0.304. The lowest BCUT2D eigenvalue weighted by atomic mass is 10.1. The molecule has 0 spiro atoms. The van der Waals surface area contributed by atoms with Crippen LogP contribution in [0.2, 0.25) is 0 Å². The van der Waals surface area contributed by atoms with Gasteiger partial charge in [-0.1, -0.05) is 18.2 Å². The zero-order valence-corrected chi connectivity index (χ0v) is 16.6. The molecule has 0 atom stereocenters. The van der Waals surface area contributed by atoms with Crippen molar-refractivity contribution in [2.24, 2.45) is 10.1 Å². The molecule has 0 aliphatic heterocycles. The number of methoxy groups -OCH3 is 1. The van der Waals surface area contributed by atoms with Gasteiger partial charge in [0.1, 0.15) is 5.75 Å². The SMILES string of the molecule is CCNC(=NCCS(N)(=O)=O)NCCc1ccccc1OC.I. The monoisotopic (exact) mass is 456 g/mol. The molecule has 23 heavy (non-hydrogen) atoms. The summed E-state index contributed by atoms with van der Waals surface area (Å²) in [5.41, 5.74) is 1.10. The van der Waals surface area contributed by atoms with Crippen molar-refractivity contribution in [2.75, 3.05) is 32.5 Å². The molecule has 0 amide bonds. The highest BCUT2D eigenvalue weighted by Crippen LogP contribution is 2.17. The van der Waals surface area contributed by atoms with Gasteiger partial charge in [-0.25, -0.2) is 13.6 Å². The summed E-state index contributed by atoms with van der Waals surface area (Å²) in [6, 6.07) is 7.81. The molecular weight excluding hydrogens is 431 g/mol. The fraction of sp³-hybridized carbons (Fsp3) is 0.500. The Hall–Kier alpha value is -1.07. The number of halogens is 1. The number of nitrogens with one attached hydrogen (secondary N) is 2. The number of primary sulfonamides is 1. The van der Waals surface area contributed by atoms with Crippen LogP contribution in [0.5, 0.6) is 5.75 Å². The van der Waals surface area contributed by atoms with Crippen molar-refractivity contribution >= 4 is 40.0 Å². The molecule has 1 aromatic carbocycles. The number of nitrogens with two attached hydrogens (primary N) is 1. The van der Waals surface area contributed by atoms with Gasteiger partial charge in [0.2, 0.25) is 10.0 Å². The fourth-order valence-corrected chi connectivity index (χ4v) is 2.20. The van der Waals surface area contributed by atoms with Crippen LogP contribution in [0, 0.1) is 0 Å². The molecule has 0 fully saturated rings. The van der Waals surface area contributed by atoms with Gasteiger partial charge in [-0.05, 0) is 25.0 Å². The van der Waals surface area contributed by atoms with Crippen molar-refractivity contribution in [3.05, 3.63) is 29.8 Å². The van der Waals surface area contributed by atoms with Crippen molar-refractivity contribution in [1.82, 2.24) is 10.6 Å². The second-order valence-electron chi connectivity index (χ2n) is 4.62. The van der Waals surface area contributed by atoms with Gasteiger partial charge in [0, 0.05) is 13.1 Å². The Kier molecular flexibility index (Phi) is 10.9. The van der Waals surface area contributed by atoms with E-state index in [0.717, 1.165) is 17.7 Å². The normalized spacial score (nSPS) is 11.5. The largest absolute Gasteiger partial charge is 0.496 e. The number of hydrogen-bond donors (Lipinski definition) is 3. The molecule has 0 saturated carbocycles. The summed E-state index contributed by atoms with van der Waals surface area (Å²) in [6.07, 6.45) is 0.767. The van der Waals surface area contributed by atoms with Gasteiger partial charge in [-0.3, -0.25) is 4.99 Å². The van der Waals surface area contributed by atoms with Gasteiger partial charge in [-0.15, -0.1) is 24.0 Å². The first kappa shape index (κ1) is 21.9. The summed E-state index contributed by atoms with van der Waals surface area (Å²) in [5, 5.41) is 11.2. The summed E-state index contributed by atoms with van der Waals surface area (Å²) in [6.45, 7) is 3.41. The third-order valence-electron chi connectivity index (χ3n) is 2.87. The zero-order valence-electron chi connectivity index (χ0n) is 13.4. The molecule has 1 rings (SSSR count). The van der Waals surface area contributed by atoms with Crippen LogP contribution in [-0.4, -0.2) is 46.9 Å². The Labute approximate surface area is 155 Å². The second kappa shape index (κ2) is 11.5. The van der Waals surface area contributed by atoms with Crippen LogP contribution < -0.4 is 20.5 Å². The standard InChI is InChI=1S/C14H24N4O3S.HI/c1-3-16-14(18-10-11-22(15,19)20)17-9-8-12-6-4-5-7-13(12)21-2;/h4-7H,3,8-11H2,1-2H3,(H2,15,19,20)(H2,16,17,18);1H. The van der Waals surface area contributed by atoms with Crippen molar-refractivity contribution in [2.45, 2.75) is 13.3 Å². The molecule has 0 aliphatic carbocycles. The Balaban J connectivity index is 0.00000484. The van der Waals surface area contributed by atoms with Gasteiger partial charge in [0.25, 0.3) is 0 Å². The van der Waals surface area contributed by atoms with Crippen LogP contribution in [0.4, 0.5) is 0 Å². The van der Waals surface area contributed by atoms with E-state index >= 15 is 0 Å². The Morgan fingerprint density at radius 2 is 2.00 bits per heavy atom. The molecule has 0 radical (unpaired) electrons. The average Bonchev–Trinajstić information content (AvgIpc) is 2.46. The van der Waals surface area contributed by atoms with E-state index in [1.807, 2.05) is 31.2 Å². The van der Waals surface area contributed by atoms with Crippen molar-refractivity contribution in [1.29, 1.82) is 0 Å². The van der Waals surface area contributed by atoms with Crippen molar-refractivity contribution in [3.63, 3.8) is 0 Å². The molecule has 9 heteroatoms. The maximum Gasteiger partial charge on any atom is 0.210 e. The predicted molar refractivity (Wildman–Crippen MR) is 104 cm³/mol. The van der Waals surface area contributed by atoms with E-state index in [0.29, 0.717) is 19.0 Å². The molecule has 1 aromatic rings. The first-order valence-electron chi connectivity index (χ1n) is 7.11. The van der Waals surface area contributed by atoms with E-state index in [9.17, 15) is 8.42 Å². The lowest BCUT2D eigenvalue weighted by Gasteiger charge is -2.12. The lowest BCUT2D eigenvalue weighted by Crippen LogP contribution is -2.38. The third kappa shape index (κ3) is 9.61. The van der Waals surface area contributed by atoms with E-state index in [1.54, 1.807) is 7.11 Å². The van der Waals surface area contributed by atoms with E-state index in [1.165, 1.54) is 0 Å². The third-order valence-corrected chi connectivity index (χ3v) is 3.62. The number of guanidine groups is 1. The van der Waals surface area contributed by atoms with Gasteiger partial charge < -0.3 is 15.4 Å². The molecule has 0 bridgehead atoms. The Morgan fingerprint density at radius 3 is 2.61 bits per heavy atom. The molecule has 0 aromatic heterocycles. The molecule has 0 aliphatic rings. The fourth-order valence-electron chi connectivity index (χ4n) is 1.85. The van der Waals surface area contributed by atoms with Gasteiger partial charge in [-0.2, -0.15) is 0 Å². The number of nitrogens with zero attached hydrogens (tertiary/aromatic N) is 1. The summed E-state index contributed by atoms with van der Waals surface area (Å²) in [4.78, 5) is 4.18. The zero-order chi connectivity index (χ0) is 16.4. The summed E-state index contributed by atoms with van der Waals surface area (Å²) in [7, 11) is -1.84. The molecule has 7 nitrogen and oxygen atoms in total.